The van der Waals surface area contributed by atoms with E-state index in [1.165, 1.54) is 6.92 Å². The first kappa shape index (κ1) is 15.0. The summed E-state index contributed by atoms with van der Waals surface area (Å²) in [5.74, 6) is -0.142. The molecule has 0 saturated carbocycles. The second-order valence-electron chi connectivity index (χ2n) is 4.54. The van der Waals surface area contributed by atoms with Gasteiger partial charge in [0, 0.05) is 45.4 Å². The van der Waals surface area contributed by atoms with Crippen LogP contribution < -0.4 is 15.5 Å². The van der Waals surface area contributed by atoms with Crippen LogP contribution in [0.2, 0.25) is 0 Å². The summed E-state index contributed by atoms with van der Waals surface area (Å²) < 4.78 is 0. The third-order valence-electron chi connectivity index (χ3n) is 2.64. The highest BCUT2D eigenvalue weighted by atomic mass is 16.2. The van der Waals surface area contributed by atoms with E-state index >= 15 is 0 Å². The lowest BCUT2D eigenvalue weighted by molar-refractivity contribution is -0.118. The predicted molar refractivity (Wildman–Crippen MR) is 76.4 cm³/mol. The topological polar surface area (TPSA) is 61.4 Å². The summed E-state index contributed by atoms with van der Waals surface area (Å²) in [5.41, 5.74) is 1.64. The number of anilines is 1. The number of rotatable bonds is 6. The molecule has 0 aromatic heterocycles. The molecule has 0 bridgehead atoms. The molecule has 2 N–H and O–H groups in total. The maximum Gasteiger partial charge on any atom is 0.251 e. The van der Waals surface area contributed by atoms with Gasteiger partial charge in [-0.3, -0.25) is 9.59 Å². The summed E-state index contributed by atoms with van der Waals surface area (Å²) in [6.07, 6.45) is 0.721. The van der Waals surface area contributed by atoms with Gasteiger partial charge in [0.1, 0.15) is 0 Å². The second-order valence-corrected chi connectivity index (χ2v) is 4.54. The van der Waals surface area contributed by atoms with E-state index < -0.39 is 0 Å². The Hall–Kier alpha value is -2.04. The molecule has 1 aromatic rings. The molecule has 0 unspecified atom stereocenters. The fourth-order valence-electron chi connectivity index (χ4n) is 1.58. The van der Waals surface area contributed by atoms with Gasteiger partial charge in [0.15, 0.2) is 0 Å². The van der Waals surface area contributed by atoms with Crippen molar-refractivity contribution in [1.82, 2.24) is 10.6 Å². The first-order chi connectivity index (χ1) is 9.00. The zero-order valence-electron chi connectivity index (χ0n) is 11.7. The Labute approximate surface area is 114 Å². The van der Waals surface area contributed by atoms with Gasteiger partial charge >= 0.3 is 0 Å². The highest BCUT2D eigenvalue weighted by molar-refractivity contribution is 5.95. The Morgan fingerprint density at radius 3 is 2.47 bits per heavy atom. The molecule has 0 heterocycles. The summed E-state index contributed by atoms with van der Waals surface area (Å²) in [7, 11) is 3.87. The molecule has 0 spiro atoms. The summed E-state index contributed by atoms with van der Waals surface area (Å²) in [6.45, 7) is 2.60. The van der Waals surface area contributed by atoms with Crippen molar-refractivity contribution in [1.29, 1.82) is 0 Å². The van der Waals surface area contributed by atoms with E-state index in [4.69, 9.17) is 0 Å². The second kappa shape index (κ2) is 7.41. The summed E-state index contributed by atoms with van der Waals surface area (Å²) in [4.78, 5) is 24.5. The summed E-state index contributed by atoms with van der Waals surface area (Å²) in [5, 5.41) is 5.52. The molecule has 1 aromatic carbocycles. The van der Waals surface area contributed by atoms with Crippen LogP contribution in [0.3, 0.4) is 0 Å². The Morgan fingerprint density at radius 2 is 1.84 bits per heavy atom. The van der Waals surface area contributed by atoms with Gasteiger partial charge in [-0.15, -0.1) is 0 Å². The molecule has 5 nitrogen and oxygen atoms in total. The third kappa shape index (κ3) is 5.42. The van der Waals surface area contributed by atoms with E-state index in [2.05, 4.69) is 10.6 Å². The molecule has 1 rings (SSSR count). The van der Waals surface area contributed by atoms with Crippen LogP contribution in [-0.4, -0.2) is 39.0 Å². The minimum absolute atomic E-state index is 0.0509. The lowest BCUT2D eigenvalue weighted by Gasteiger charge is -2.13. The summed E-state index contributed by atoms with van der Waals surface area (Å²) >= 11 is 0. The Bertz CT molecular complexity index is 444. The lowest BCUT2D eigenvalue weighted by atomic mass is 10.2. The molecule has 0 radical (unpaired) electrons. The number of hydrogen-bond acceptors (Lipinski definition) is 3. The number of nitrogens with one attached hydrogen (secondary N) is 2. The first-order valence-electron chi connectivity index (χ1n) is 6.30. The van der Waals surface area contributed by atoms with Crippen LogP contribution >= 0.6 is 0 Å². The monoisotopic (exact) mass is 263 g/mol. The zero-order chi connectivity index (χ0) is 14.3. The number of amides is 2. The Balaban J connectivity index is 2.41. The third-order valence-corrected chi connectivity index (χ3v) is 2.64. The number of nitrogens with zero attached hydrogens (tertiary/aromatic N) is 1. The predicted octanol–water partition coefficient (Wildman–Crippen LogP) is 1.01. The molecule has 0 atom stereocenters. The number of carbonyl (C=O) groups excluding carboxylic acids is 2. The fraction of sp³-hybridized carbons (Fsp3) is 0.429. The van der Waals surface area contributed by atoms with E-state index in [0.29, 0.717) is 18.7 Å². The largest absolute Gasteiger partial charge is 0.378 e. The normalized spacial score (nSPS) is 9.84. The van der Waals surface area contributed by atoms with Crippen molar-refractivity contribution >= 4 is 17.5 Å². The van der Waals surface area contributed by atoms with Crippen molar-refractivity contribution in [3.8, 4) is 0 Å². The standard InChI is InChI=1S/C14H21N3O2/c1-11(18)15-8-5-9-16-14(19)12-6-4-7-13(10-12)17(2)3/h4,6-7,10H,5,8-9H2,1-3H3,(H,15,18)(H,16,19). The highest BCUT2D eigenvalue weighted by Gasteiger charge is 2.06. The van der Waals surface area contributed by atoms with Gasteiger partial charge in [-0.1, -0.05) is 6.07 Å². The van der Waals surface area contributed by atoms with Gasteiger partial charge in [0.05, 0.1) is 0 Å². The highest BCUT2D eigenvalue weighted by Crippen LogP contribution is 2.13. The van der Waals surface area contributed by atoms with Gasteiger partial charge < -0.3 is 15.5 Å². The number of carbonyl (C=O) groups is 2. The minimum atomic E-state index is -0.0912. The average molecular weight is 263 g/mol. The van der Waals surface area contributed by atoms with Gasteiger partial charge in [-0.05, 0) is 24.6 Å². The van der Waals surface area contributed by atoms with Crippen LogP contribution in [0.15, 0.2) is 24.3 Å². The van der Waals surface area contributed by atoms with Crippen LogP contribution in [-0.2, 0) is 4.79 Å². The van der Waals surface area contributed by atoms with Crippen LogP contribution in [0.25, 0.3) is 0 Å². The zero-order valence-corrected chi connectivity index (χ0v) is 11.7. The van der Waals surface area contributed by atoms with E-state index in [1.54, 1.807) is 6.07 Å². The molecule has 104 valence electrons. The average Bonchev–Trinajstić information content (AvgIpc) is 2.37. The van der Waals surface area contributed by atoms with Crippen molar-refractivity contribution in [2.75, 3.05) is 32.1 Å². The number of hydrogen-bond donors (Lipinski definition) is 2. The molecule has 0 fully saturated rings. The molecule has 0 aliphatic heterocycles. The fourth-order valence-corrected chi connectivity index (χ4v) is 1.58. The Morgan fingerprint density at radius 1 is 1.16 bits per heavy atom. The van der Waals surface area contributed by atoms with E-state index in [0.717, 1.165) is 12.1 Å². The van der Waals surface area contributed by atoms with Crippen molar-refractivity contribution in [3.63, 3.8) is 0 Å². The molecule has 19 heavy (non-hydrogen) atoms. The smallest absolute Gasteiger partial charge is 0.251 e. The van der Waals surface area contributed by atoms with Crippen LogP contribution in [0, 0.1) is 0 Å². The van der Waals surface area contributed by atoms with Gasteiger partial charge in [-0.25, -0.2) is 0 Å². The quantitative estimate of drug-likeness (QED) is 0.753. The van der Waals surface area contributed by atoms with E-state index in [1.807, 2.05) is 37.2 Å². The van der Waals surface area contributed by atoms with Crippen molar-refractivity contribution in [3.05, 3.63) is 29.8 Å². The van der Waals surface area contributed by atoms with Crippen LogP contribution in [0.1, 0.15) is 23.7 Å². The Kier molecular flexibility index (Phi) is 5.85. The molecule has 2 amide bonds. The van der Waals surface area contributed by atoms with E-state index in [-0.39, 0.29) is 11.8 Å². The SMILES string of the molecule is CC(=O)NCCCNC(=O)c1cccc(N(C)C)c1. The molecular weight excluding hydrogens is 242 g/mol. The number of benzene rings is 1. The molecule has 0 aliphatic rings. The molecule has 0 saturated heterocycles. The van der Waals surface area contributed by atoms with Gasteiger partial charge in [0.25, 0.3) is 5.91 Å². The maximum absolute atomic E-state index is 11.9. The van der Waals surface area contributed by atoms with Crippen LogP contribution in [0.5, 0.6) is 0 Å². The molecule has 0 aliphatic carbocycles. The summed E-state index contributed by atoms with van der Waals surface area (Å²) in [6, 6.07) is 7.45. The lowest BCUT2D eigenvalue weighted by Crippen LogP contribution is -2.28. The van der Waals surface area contributed by atoms with E-state index in [9.17, 15) is 9.59 Å². The van der Waals surface area contributed by atoms with Crippen LogP contribution in [0.4, 0.5) is 5.69 Å². The van der Waals surface area contributed by atoms with Crippen molar-refractivity contribution in [2.45, 2.75) is 13.3 Å². The van der Waals surface area contributed by atoms with Crippen molar-refractivity contribution < 1.29 is 9.59 Å². The van der Waals surface area contributed by atoms with Crippen molar-refractivity contribution in [2.24, 2.45) is 0 Å². The van der Waals surface area contributed by atoms with Gasteiger partial charge in [0.2, 0.25) is 5.91 Å². The first-order valence-corrected chi connectivity index (χ1v) is 6.30. The van der Waals surface area contributed by atoms with Gasteiger partial charge in [-0.2, -0.15) is 0 Å². The maximum atomic E-state index is 11.9. The minimum Gasteiger partial charge on any atom is -0.378 e. The molecule has 5 heteroatoms. The molecular formula is C14H21N3O2.